The van der Waals surface area contributed by atoms with E-state index in [1.165, 1.54) is 4.88 Å². The molecular formula is C12H14N2OS2. The fourth-order valence-corrected chi connectivity index (χ4v) is 2.88. The third-order valence-corrected chi connectivity index (χ3v) is 4.14. The minimum Gasteiger partial charge on any atom is -0.317 e. The van der Waals surface area contributed by atoms with Crippen LogP contribution in [-0.4, -0.2) is 34.4 Å². The van der Waals surface area contributed by atoms with Gasteiger partial charge in [-0.2, -0.15) is 0 Å². The summed E-state index contributed by atoms with van der Waals surface area (Å²) in [5, 5.41) is 0.581. The number of hydrogen-bond donors (Lipinski definition) is 0. The Balaban J connectivity index is 2.36. The molecule has 90 valence electrons. The molecule has 0 spiro atoms. The molecule has 3 nitrogen and oxygen atoms in total. The minimum absolute atomic E-state index is 0.00828. The van der Waals surface area contributed by atoms with Crippen LogP contribution in [0.4, 0.5) is 0 Å². The van der Waals surface area contributed by atoms with E-state index in [2.05, 4.69) is 6.92 Å². The Labute approximate surface area is 110 Å². The molecule has 1 saturated heterocycles. The second-order valence-electron chi connectivity index (χ2n) is 3.87. The minimum atomic E-state index is -0.00828. The van der Waals surface area contributed by atoms with E-state index in [9.17, 15) is 4.79 Å². The van der Waals surface area contributed by atoms with Crippen molar-refractivity contribution in [1.29, 1.82) is 0 Å². The zero-order valence-electron chi connectivity index (χ0n) is 10.1. The highest BCUT2D eigenvalue weighted by Crippen LogP contribution is 2.24. The molecule has 1 aromatic heterocycles. The third-order valence-electron chi connectivity index (χ3n) is 2.70. The number of amides is 1. The van der Waals surface area contributed by atoms with Gasteiger partial charge in [0.25, 0.3) is 5.91 Å². The number of hydrogen-bond acceptors (Lipinski definition) is 3. The topological polar surface area (TPSA) is 23.6 Å². The highest BCUT2D eigenvalue weighted by atomic mass is 32.1. The zero-order chi connectivity index (χ0) is 12.6. The Morgan fingerprint density at radius 3 is 2.65 bits per heavy atom. The van der Waals surface area contributed by atoms with E-state index in [0.717, 1.165) is 4.88 Å². The second-order valence-corrected chi connectivity index (χ2v) is 5.55. The molecule has 0 saturated carbocycles. The molecule has 0 bridgehead atoms. The van der Waals surface area contributed by atoms with Crippen molar-refractivity contribution in [3.63, 3.8) is 0 Å². The number of aryl methyl sites for hydroxylation is 1. The number of rotatable bonds is 2. The van der Waals surface area contributed by atoms with Crippen molar-refractivity contribution in [2.24, 2.45) is 0 Å². The van der Waals surface area contributed by atoms with E-state index >= 15 is 0 Å². The summed E-state index contributed by atoms with van der Waals surface area (Å²) in [6.45, 7) is 4.59. The summed E-state index contributed by atoms with van der Waals surface area (Å²) in [6, 6.07) is 4.07. The van der Waals surface area contributed by atoms with Gasteiger partial charge in [0.2, 0.25) is 0 Å². The lowest BCUT2D eigenvalue weighted by Gasteiger charge is -2.13. The van der Waals surface area contributed by atoms with Crippen LogP contribution in [-0.2, 0) is 4.79 Å². The normalized spacial score (nSPS) is 18.6. The Hall–Kier alpha value is -1.20. The van der Waals surface area contributed by atoms with Crippen LogP contribution in [0.1, 0.15) is 16.7 Å². The molecule has 5 heteroatoms. The van der Waals surface area contributed by atoms with Gasteiger partial charge in [-0.05, 0) is 44.3 Å². The molecule has 2 rings (SSSR count). The van der Waals surface area contributed by atoms with Crippen molar-refractivity contribution in [3.8, 4) is 0 Å². The van der Waals surface area contributed by atoms with Crippen molar-refractivity contribution in [3.05, 3.63) is 27.6 Å². The van der Waals surface area contributed by atoms with Crippen molar-refractivity contribution < 1.29 is 4.79 Å². The molecule has 0 atom stereocenters. The predicted octanol–water partition coefficient (Wildman–Crippen LogP) is 2.48. The quantitative estimate of drug-likeness (QED) is 0.607. The molecular weight excluding hydrogens is 252 g/mol. The number of likely N-dealkylation sites (N-methyl/N-ethyl adjacent to an activating group) is 2. The Kier molecular flexibility index (Phi) is 3.31. The van der Waals surface area contributed by atoms with Crippen molar-refractivity contribution in [1.82, 2.24) is 9.80 Å². The van der Waals surface area contributed by atoms with Crippen LogP contribution in [0.15, 0.2) is 17.8 Å². The average molecular weight is 266 g/mol. The van der Waals surface area contributed by atoms with Gasteiger partial charge in [-0.1, -0.05) is 0 Å². The lowest BCUT2D eigenvalue weighted by atomic mass is 10.3. The lowest BCUT2D eigenvalue weighted by Crippen LogP contribution is -2.30. The lowest BCUT2D eigenvalue weighted by molar-refractivity contribution is -0.122. The summed E-state index contributed by atoms with van der Waals surface area (Å²) in [5.41, 5.74) is 0.652. The van der Waals surface area contributed by atoms with Crippen LogP contribution >= 0.6 is 23.6 Å². The summed E-state index contributed by atoms with van der Waals surface area (Å²) in [4.78, 5) is 17.8. The van der Waals surface area contributed by atoms with E-state index in [-0.39, 0.29) is 5.91 Å². The SMILES string of the molecule is CCN1C(=O)/C(=C\c2ccc(C)s2)N(C)C1=S. The summed E-state index contributed by atoms with van der Waals surface area (Å²) < 4.78 is 0. The first-order chi connectivity index (χ1) is 8.04. The number of thiocarbonyl (C=S) groups is 1. The summed E-state index contributed by atoms with van der Waals surface area (Å²) in [7, 11) is 1.84. The van der Waals surface area contributed by atoms with E-state index < -0.39 is 0 Å². The molecule has 0 unspecified atom stereocenters. The highest BCUT2D eigenvalue weighted by molar-refractivity contribution is 7.80. The molecule has 0 N–H and O–H groups in total. The van der Waals surface area contributed by atoms with Gasteiger partial charge >= 0.3 is 0 Å². The second kappa shape index (κ2) is 4.58. The van der Waals surface area contributed by atoms with Crippen molar-refractivity contribution >= 4 is 40.7 Å². The third kappa shape index (κ3) is 2.12. The van der Waals surface area contributed by atoms with Gasteiger partial charge in [0.05, 0.1) is 0 Å². The van der Waals surface area contributed by atoms with E-state index in [1.54, 1.807) is 21.1 Å². The molecule has 1 fully saturated rings. The summed E-state index contributed by atoms with van der Waals surface area (Å²) in [6.07, 6.45) is 1.90. The van der Waals surface area contributed by atoms with Gasteiger partial charge in [0, 0.05) is 23.3 Å². The first-order valence-electron chi connectivity index (χ1n) is 5.42. The van der Waals surface area contributed by atoms with E-state index in [4.69, 9.17) is 12.2 Å². The van der Waals surface area contributed by atoms with Gasteiger partial charge in [-0.25, -0.2) is 0 Å². The number of carbonyl (C=O) groups is 1. The van der Waals surface area contributed by atoms with Gasteiger partial charge < -0.3 is 4.90 Å². The fourth-order valence-electron chi connectivity index (χ4n) is 1.76. The first-order valence-corrected chi connectivity index (χ1v) is 6.64. The van der Waals surface area contributed by atoms with Crippen molar-refractivity contribution in [2.75, 3.05) is 13.6 Å². The first kappa shape index (κ1) is 12.3. The molecule has 0 radical (unpaired) electrons. The van der Waals surface area contributed by atoms with Gasteiger partial charge in [0.15, 0.2) is 5.11 Å². The fraction of sp³-hybridized carbons (Fsp3) is 0.333. The summed E-state index contributed by atoms with van der Waals surface area (Å²) in [5.74, 6) is -0.00828. The molecule has 1 aliphatic heterocycles. The zero-order valence-corrected chi connectivity index (χ0v) is 11.7. The number of carbonyl (C=O) groups excluding carboxylic acids is 1. The van der Waals surface area contributed by atoms with Gasteiger partial charge in [-0.3, -0.25) is 9.69 Å². The smallest absolute Gasteiger partial charge is 0.276 e. The van der Waals surface area contributed by atoms with Crippen LogP contribution < -0.4 is 0 Å². The van der Waals surface area contributed by atoms with Gasteiger partial charge in [0.1, 0.15) is 5.70 Å². The Bertz CT molecular complexity index is 504. The van der Waals surface area contributed by atoms with Crippen LogP contribution in [0.3, 0.4) is 0 Å². The van der Waals surface area contributed by atoms with Crippen LogP contribution in [0, 0.1) is 6.92 Å². The van der Waals surface area contributed by atoms with E-state index in [1.807, 2.05) is 32.2 Å². The van der Waals surface area contributed by atoms with Gasteiger partial charge in [-0.15, -0.1) is 11.3 Å². The predicted molar refractivity (Wildman–Crippen MR) is 74.8 cm³/mol. The Morgan fingerprint density at radius 2 is 2.18 bits per heavy atom. The monoisotopic (exact) mass is 266 g/mol. The maximum atomic E-state index is 12.1. The largest absolute Gasteiger partial charge is 0.317 e. The molecule has 1 amide bonds. The molecule has 0 aliphatic carbocycles. The summed E-state index contributed by atoms with van der Waals surface area (Å²) >= 11 is 6.90. The molecule has 1 aliphatic rings. The molecule has 2 heterocycles. The maximum Gasteiger partial charge on any atom is 0.276 e. The Morgan fingerprint density at radius 1 is 1.47 bits per heavy atom. The standard InChI is InChI=1S/C12H14N2OS2/c1-4-14-11(15)10(13(3)12(14)16)7-9-6-5-8(2)17-9/h5-7H,4H2,1-3H3/b10-7+. The van der Waals surface area contributed by atoms with Crippen LogP contribution in [0.25, 0.3) is 6.08 Å². The molecule has 0 aromatic carbocycles. The molecule has 1 aromatic rings. The van der Waals surface area contributed by atoms with E-state index in [0.29, 0.717) is 17.4 Å². The highest BCUT2D eigenvalue weighted by Gasteiger charge is 2.34. The average Bonchev–Trinajstić information content (AvgIpc) is 2.78. The maximum absolute atomic E-state index is 12.1. The number of thiophene rings is 1. The molecule has 17 heavy (non-hydrogen) atoms. The number of nitrogens with zero attached hydrogens (tertiary/aromatic N) is 2. The van der Waals surface area contributed by atoms with Crippen molar-refractivity contribution in [2.45, 2.75) is 13.8 Å². The van der Waals surface area contributed by atoms with Crippen LogP contribution in [0.5, 0.6) is 0 Å². The van der Waals surface area contributed by atoms with Crippen LogP contribution in [0.2, 0.25) is 0 Å².